The number of nitrogens with zero attached hydrogens (tertiary/aromatic N) is 4. The molecule has 2 aliphatic rings. The zero-order valence-corrected chi connectivity index (χ0v) is 18.7. The minimum Gasteiger partial charge on any atom is -0.355 e. The minimum atomic E-state index is 0.0123. The van der Waals surface area contributed by atoms with Crippen LogP contribution in [0.15, 0.2) is 36.7 Å². The second kappa shape index (κ2) is 10.7. The number of benzene rings is 1. The second-order valence-electron chi connectivity index (χ2n) is 8.97. The average Bonchev–Trinajstić information content (AvgIpc) is 3.09. The third kappa shape index (κ3) is 6.03. The smallest absolute Gasteiger partial charge is 0.225 e. The van der Waals surface area contributed by atoms with E-state index in [0.717, 1.165) is 49.6 Å². The van der Waals surface area contributed by atoms with Gasteiger partial charge in [0.15, 0.2) is 0 Å². The van der Waals surface area contributed by atoms with E-state index >= 15 is 0 Å². The van der Waals surface area contributed by atoms with E-state index in [1.165, 1.54) is 44.3 Å². The molecule has 0 aliphatic carbocycles. The van der Waals surface area contributed by atoms with Crippen LogP contribution in [0.3, 0.4) is 0 Å². The molecule has 1 N–H and O–H groups in total. The van der Waals surface area contributed by atoms with Gasteiger partial charge in [0.1, 0.15) is 0 Å². The van der Waals surface area contributed by atoms with E-state index in [0.29, 0.717) is 6.54 Å². The lowest BCUT2D eigenvalue weighted by Crippen LogP contribution is -2.45. The molecule has 2 fully saturated rings. The largest absolute Gasteiger partial charge is 0.355 e. The zero-order chi connectivity index (χ0) is 21.5. The van der Waals surface area contributed by atoms with Gasteiger partial charge in [-0.1, -0.05) is 42.7 Å². The Bertz CT molecular complexity index is 828. The van der Waals surface area contributed by atoms with E-state index < -0.39 is 0 Å². The van der Waals surface area contributed by atoms with Crippen molar-refractivity contribution in [2.75, 3.05) is 44.2 Å². The third-order valence-electron chi connectivity index (χ3n) is 6.52. The quantitative estimate of drug-likeness (QED) is 0.771. The second-order valence-corrected chi connectivity index (χ2v) is 8.97. The summed E-state index contributed by atoms with van der Waals surface area (Å²) in [7, 11) is 0. The Hall–Kier alpha value is -2.47. The SMILES string of the molecule is Cc1ccc(-c2cnc(N3CCC[C@@H](C(=O)NCCN4CCCCCC4)C3)nc2)cc1. The highest BCUT2D eigenvalue weighted by molar-refractivity contribution is 5.79. The maximum absolute atomic E-state index is 12.8. The maximum atomic E-state index is 12.8. The summed E-state index contributed by atoms with van der Waals surface area (Å²) < 4.78 is 0. The molecule has 0 saturated carbocycles. The number of carbonyl (C=O) groups excluding carboxylic acids is 1. The number of nitrogens with one attached hydrogen (secondary N) is 1. The van der Waals surface area contributed by atoms with E-state index in [-0.39, 0.29) is 11.8 Å². The molecule has 2 aliphatic heterocycles. The Morgan fingerprint density at radius 3 is 2.39 bits per heavy atom. The first-order valence-corrected chi connectivity index (χ1v) is 11.8. The number of hydrogen-bond donors (Lipinski definition) is 1. The number of aromatic nitrogens is 2. The molecule has 1 aromatic carbocycles. The first kappa shape index (κ1) is 21.8. The third-order valence-corrected chi connectivity index (χ3v) is 6.52. The minimum absolute atomic E-state index is 0.0123. The van der Waals surface area contributed by atoms with Crippen molar-refractivity contribution in [1.82, 2.24) is 20.2 Å². The molecule has 0 unspecified atom stereocenters. The fraction of sp³-hybridized carbons (Fsp3) is 0.560. The van der Waals surface area contributed by atoms with Gasteiger partial charge in [-0.25, -0.2) is 9.97 Å². The van der Waals surface area contributed by atoms with Crippen molar-refractivity contribution in [3.05, 3.63) is 42.2 Å². The van der Waals surface area contributed by atoms with Crippen LogP contribution >= 0.6 is 0 Å². The Balaban J connectivity index is 1.28. The fourth-order valence-electron chi connectivity index (χ4n) is 4.59. The summed E-state index contributed by atoms with van der Waals surface area (Å²) in [4.78, 5) is 26.6. The highest BCUT2D eigenvalue weighted by Crippen LogP contribution is 2.23. The molecule has 2 aromatic rings. The number of amides is 1. The molecule has 2 saturated heterocycles. The number of likely N-dealkylation sites (tertiary alicyclic amines) is 1. The van der Waals surface area contributed by atoms with Gasteiger partial charge in [-0.05, 0) is 51.3 Å². The monoisotopic (exact) mass is 421 g/mol. The van der Waals surface area contributed by atoms with Crippen LogP contribution in [-0.4, -0.2) is 60.0 Å². The van der Waals surface area contributed by atoms with E-state index in [1.807, 2.05) is 12.4 Å². The van der Waals surface area contributed by atoms with Crippen LogP contribution in [0.2, 0.25) is 0 Å². The van der Waals surface area contributed by atoms with Crippen molar-refractivity contribution in [2.45, 2.75) is 45.4 Å². The van der Waals surface area contributed by atoms with Crippen LogP contribution in [0.5, 0.6) is 0 Å². The Labute approximate surface area is 186 Å². The van der Waals surface area contributed by atoms with Gasteiger partial charge in [0.25, 0.3) is 0 Å². The normalized spacial score (nSPS) is 20.3. The zero-order valence-electron chi connectivity index (χ0n) is 18.7. The van der Waals surface area contributed by atoms with Crippen molar-refractivity contribution < 1.29 is 4.79 Å². The van der Waals surface area contributed by atoms with Crippen molar-refractivity contribution in [3.8, 4) is 11.1 Å². The molecule has 0 spiro atoms. The maximum Gasteiger partial charge on any atom is 0.225 e. The predicted molar refractivity (Wildman–Crippen MR) is 125 cm³/mol. The molecule has 1 amide bonds. The Kier molecular flexibility index (Phi) is 7.52. The number of carbonyl (C=O) groups is 1. The van der Waals surface area contributed by atoms with Gasteiger partial charge in [-0.2, -0.15) is 0 Å². The van der Waals surface area contributed by atoms with Crippen LogP contribution in [0, 0.1) is 12.8 Å². The molecule has 1 aromatic heterocycles. The summed E-state index contributed by atoms with van der Waals surface area (Å²) in [6, 6.07) is 8.40. The van der Waals surface area contributed by atoms with E-state index in [4.69, 9.17) is 0 Å². The fourth-order valence-corrected chi connectivity index (χ4v) is 4.59. The van der Waals surface area contributed by atoms with Crippen LogP contribution < -0.4 is 10.2 Å². The van der Waals surface area contributed by atoms with E-state index in [9.17, 15) is 4.79 Å². The first-order valence-electron chi connectivity index (χ1n) is 11.8. The van der Waals surface area contributed by atoms with Crippen LogP contribution in [0.25, 0.3) is 11.1 Å². The van der Waals surface area contributed by atoms with Gasteiger partial charge in [0.2, 0.25) is 11.9 Å². The lowest BCUT2D eigenvalue weighted by molar-refractivity contribution is -0.125. The van der Waals surface area contributed by atoms with Gasteiger partial charge in [0.05, 0.1) is 5.92 Å². The molecule has 4 rings (SSSR count). The van der Waals surface area contributed by atoms with Crippen LogP contribution in [-0.2, 0) is 4.79 Å². The highest BCUT2D eigenvalue weighted by Gasteiger charge is 2.27. The number of hydrogen-bond acceptors (Lipinski definition) is 5. The lowest BCUT2D eigenvalue weighted by atomic mass is 9.97. The summed E-state index contributed by atoms with van der Waals surface area (Å²) >= 11 is 0. The standard InChI is InChI=1S/C25H35N5O/c1-20-8-10-21(11-9-20)23-17-27-25(28-18-23)30-15-6-7-22(19-30)24(31)26-12-16-29-13-4-2-3-5-14-29/h8-11,17-18,22H,2-7,12-16,19H2,1H3,(H,26,31)/t22-/m1/s1. The van der Waals surface area contributed by atoms with E-state index in [2.05, 4.69) is 56.3 Å². The van der Waals surface area contributed by atoms with Gasteiger partial charge in [0, 0.05) is 44.1 Å². The lowest BCUT2D eigenvalue weighted by Gasteiger charge is -2.32. The Morgan fingerprint density at radius 1 is 0.968 bits per heavy atom. The summed E-state index contributed by atoms with van der Waals surface area (Å²) in [5.74, 6) is 0.909. The summed E-state index contributed by atoms with van der Waals surface area (Å²) in [5.41, 5.74) is 3.38. The molecule has 1 atom stereocenters. The van der Waals surface area contributed by atoms with Crippen LogP contribution in [0.1, 0.15) is 44.1 Å². The molecule has 0 bridgehead atoms. The van der Waals surface area contributed by atoms with Crippen LogP contribution in [0.4, 0.5) is 5.95 Å². The molecule has 31 heavy (non-hydrogen) atoms. The summed E-state index contributed by atoms with van der Waals surface area (Å²) in [6.07, 6.45) is 11.0. The number of piperidine rings is 1. The topological polar surface area (TPSA) is 61.4 Å². The molecule has 6 nitrogen and oxygen atoms in total. The molecule has 166 valence electrons. The Morgan fingerprint density at radius 2 is 1.68 bits per heavy atom. The molecule has 0 radical (unpaired) electrons. The van der Waals surface area contributed by atoms with Gasteiger partial charge in [-0.15, -0.1) is 0 Å². The number of rotatable bonds is 6. The highest BCUT2D eigenvalue weighted by atomic mass is 16.1. The van der Waals surface area contributed by atoms with Gasteiger partial charge < -0.3 is 15.1 Å². The van der Waals surface area contributed by atoms with Gasteiger partial charge in [-0.3, -0.25) is 4.79 Å². The summed E-state index contributed by atoms with van der Waals surface area (Å²) in [6.45, 7) is 7.73. The molecule has 3 heterocycles. The van der Waals surface area contributed by atoms with E-state index in [1.54, 1.807) is 0 Å². The first-order chi connectivity index (χ1) is 15.2. The number of aryl methyl sites for hydroxylation is 1. The van der Waals surface area contributed by atoms with Gasteiger partial charge >= 0.3 is 0 Å². The molecule has 6 heteroatoms. The molecular formula is C25H35N5O. The van der Waals surface area contributed by atoms with Crippen molar-refractivity contribution in [2.24, 2.45) is 5.92 Å². The average molecular weight is 422 g/mol. The predicted octanol–water partition coefficient (Wildman–Crippen LogP) is 3.66. The van der Waals surface area contributed by atoms with Crippen molar-refractivity contribution in [1.29, 1.82) is 0 Å². The number of anilines is 1. The molecular weight excluding hydrogens is 386 g/mol. The van der Waals surface area contributed by atoms with Crippen molar-refractivity contribution in [3.63, 3.8) is 0 Å². The van der Waals surface area contributed by atoms with Crippen molar-refractivity contribution >= 4 is 11.9 Å². The summed E-state index contributed by atoms with van der Waals surface area (Å²) in [5, 5.41) is 3.18.